The Morgan fingerprint density at radius 3 is 2.24 bits per heavy atom. The summed E-state index contributed by atoms with van der Waals surface area (Å²) in [5.74, 6) is 0. The molecule has 0 aliphatic heterocycles. The first kappa shape index (κ1) is 15.5. The van der Waals surface area contributed by atoms with Crippen LogP contribution in [-0.2, 0) is 0 Å². The number of nitro groups is 1. The van der Waals surface area contributed by atoms with Crippen molar-refractivity contribution in [2.75, 3.05) is 5.01 Å². The standard InChI is InChI=1S/C12H6Cl3N3O3/c13-7-1-3-9(15)11(5-7)17(16-19)10-4-2-8(14)6-12(10)18(20)21/h1-6H. The second kappa shape index (κ2) is 6.26. The molecule has 0 bridgehead atoms. The van der Waals surface area contributed by atoms with Gasteiger partial charge in [-0.3, -0.25) is 10.1 Å². The van der Waals surface area contributed by atoms with E-state index in [0.717, 1.165) is 11.1 Å². The number of nitro benzene ring substituents is 1. The van der Waals surface area contributed by atoms with Crippen molar-refractivity contribution in [1.29, 1.82) is 0 Å². The third-order valence-corrected chi connectivity index (χ3v) is 3.37. The summed E-state index contributed by atoms with van der Waals surface area (Å²) in [6, 6.07) is 8.18. The first-order chi connectivity index (χ1) is 9.93. The van der Waals surface area contributed by atoms with E-state index in [2.05, 4.69) is 5.29 Å². The van der Waals surface area contributed by atoms with Gasteiger partial charge in [0.15, 0.2) is 0 Å². The van der Waals surface area contributed by atoms with Crippen molar-refractivity contribution in [1.82, 2.24) is 0 Å². The van der Waals surface area contributed by atoms with E-state index < -0.39 is 4.92 Å². The molecule has 0 spiro atoms. The molecule has 21 heavy (non-hydrogen) atoms. The Morgan fingerprint density at radius 1 is 1.00 bits per heavy atom. The second-order valence-corrected chi connectivity index (χ2v) is 5.16. The lowest BCUT2D eigenvalue weighted by molar-refractivity contribution is -0.384. The van der Waals surface area contributed by atoms with Crippen LogP contribution in [0, 0.1) is 15.0 Å². The molecule has 0 saturated heterocycles. The van der Waals surface area contributed by atoms with Crippen molar-refractivity contribution in [3.05, 3.63) is 66.5 Å². The third-order valence-electron chi connectivity index (χ3n) is 2.58. The molecule has 0 unspecified atom stereocenters. The van der Waals surface area contributed by atoms with E-state index in [1.807, 2.05) is 0 Å². The number of rotatable bonds is 4. The van der Waals surface area contributed by atoms with Gasteiger partial charge < -0.3 is 0 Å². The van der Waals surface area contributed by atoms with E-state index in [1.165, 1.54) is 30.3 Å². The van der Waals surface area contributed by atoms with E-state index in [0.29, 0.717) is 5.02 Å². The fraction of sp³-hybridized carbons (Fsp3) is 0. The van der Waals surface area contributed by atoms with Gasteiger partial charge in [-0.2, -0.15) is 5.01 Å². The number of halogens is 3. The molecule has 108 valence electrons. The lowest BCUT2D eigenvalue weighted by Crippen LogP contribution is -2.10. The van der Waals surface area contributed by atoms with Gasteiger partial charge in [-0.1, -0.05) is 34.8 Å². The number of nitroso groups, excluding NO2 is 1. The molecule has 0 heterocycles. The fourth-order valence-corrected chi connectivity index (χ4v) is 2.22. The molecule has 9 heteroatoms. The molecule has 0 atom stereocenters. The number of benzene rings is 2. The van der Waals surface area contributed by atoms with Crippen LogP contribution in [0.5, 0.6) is 0 Å². The smallest absolute Gasteiger partial charge is 0.258 e. The number of hydrogen-bond donors (Lipinski definition) is 0. The summed E-state index contributed by atoms with van der Waals surface area (Å²) in [4.78, 5) is 21.6. The van der Waals surface area contributed by atoms with Crippen molar-refractivity contribution < 1.29 is 4.92 Å². The Labute approximate surface area is 133 Å². The molecule has 6 nitrogen and oxygen atoms in total. The molecule has 0 aliphatic carbocycles. The average Bonchev–Trinajstić information content (AvgIpc) is 2.44. The lowest BCUT2D eigenvalue weighted by atomic mass is 10.2. The first-order valence-electron chi connectivity index (χ1n) is 5.46. The fourth-order valence-electron chi connectivity index (χ4n) is 1.69. The van der Waals surface area contributed by atoms with Gasteiger partial charge in [0.1, 0.15) is 5.69 Å². The maximum atomic E-state index is 11.1. The molecule has 0 N–H and O–H groups in total. The van der Waals surface area contributed by atoms with Gasteiger partial charge in [0.05, 0.1) is 20.9 Å². The van der Waals surface area contributed by atoms with E-state index in [4.69, 9.17) is 34.8 Å². The van der Waals surface area contributed by atoms with E-state index >= 15 is 0 Å². The highest BCUT2D eigenvalue weighted by molar-refractivity contribution is 6.35. The Bertz CT molecular complexity index is 724. The lowest BCUT2D eigenvalue weighted by Gasteiger charge is -2.17. The van der Waals surface area contributed by atoms with Crippen molar-refractivity contribution in [3.8, 4) is 0 Å². The normalized spacial score (nSPS) is 10.2. The van der Waals surface area contributed by atoms with Gasteiger partial charge in [-0.05, 0) is 30.3 Å². The summed E-state index contributed by atoms with van der Waals surface area (Å²) < 4.78 is 0. The van der Waals surface area contributed by atoms with Gasteiger partial charge in [0, 0.05) is 16.1 Å². The molecule has 0 fully saturated rings. The number of nitrogens with zero attached hydrogens (tertiary/aromatic N) is 3. The summed E-state index contributed by atoms with van der Waals surface area (Å²) in [7, 11) is 0. The van der Waals surface area contributed by atoms with Crippen LogP contribution < -0.4 is 5.01 Å². The second-order valence-electron chi connectivity index (χ2n) is 3.88. The highest BCUT2D eigenvalue weighted by atomic mass is 35.5. The minimum Gasteiger partial charge on any atom is -0.258 e. The molecule has 0 aliphatic rings. The van der Waals surface area contributed by atoms with Crippen molar-refractivity contribution in [2.45, 2.75) is 0 Å². The summed E-state index contributed by atoms with van der Waals surface area (Å²) in [5, 5.41) is 15.3. The van der Waals surface area contributed by atoms with Crippen molar-refractivity contribution in [3.63, 3.8) is 0 Å². The monoisotopic (exact) mass is 345 g/mol. The molecule has 2 aromatic rings. The highest BCUT2D eigenvalue weighted by Gasteiger charge is 2.24. The predicted molar refractivity (Wildman–Crippen MR) is 82.5 cm³/mol. The topological polar surface area (TPSA) is 75.8 Å². The Morgan fingerprint density at radius 2 is 1.62 bits per heavy atom. The van der Waals surface area contributed by atoms with Crippen LogP contribution in [-0.4, -0.2) is 4.92 Å². The number of hydrogen-bond acceptors (Lipinski definition) is 4. The van der Waals surface area contributed by atoms with Crippen molar-refractivity contribution in [2.24, 2.45) is 5.29 Å². The molecule has 2 rings (SSSR count). The van der Waals surface area contributed by atoms with Gasteiger partial charge >= 0.3 is 0 Å². The third kappa shape index (κ3) is 3.24. The van der Waals surface area contributed by atoms with Gasteiger partial charge in [-0.15, -0.1) is 4.91 Å². The van der Waals surface area contributed by atoms with E-state index in [1.54, 1.807) is 0 Å². The van der Waals surface area contributed by atoms with Gasteiger partial charge in [0.2, 0.25) is 0 Å². The maximum absolute atomic E-state index is 11.1. The minimum atomic E-state index is -0.669. The molecular weight excluding hydrogens is 341 g/mol. The van der Waals surface area contributed by atoms with Crippen LogP contribution in [0.15, 0.2) is 41.7 Å². The minimum absolute atomic E-state index is 0.0661. The Balaban J connectivity index is 2.64. The zero-order chi connectivity index (χ0) is 15.6. The molecule has 0 amide bonds. The molecule has 0 aromatic heterocycles. The van der Waals surface area contributed by atoms with Gasteiger partial charge in [0.25, 0.3) is 5.69 Å². The quantitative estimate of drug-likeness (QED) is 0.423. The predicted octanol–water partition coefficient (Wildman–Crippen LogP) is 5.37. The van der Waals surface area contributed by atoms with Crippen LogP contribution in [0.1, 0.15) is 0 Å². The highest BCUT2D eigenvalue weighted by Crippen LogP contribution is 2.39. The van der Waals surface area contributed by atoms with Crippen molar-refractivity contribution >= 4 is 51.9 Å². The molecular formula is C12H6Cl3N3O3. The SMILES string of the molecule is O=NN(c1cc(Cl)ccc1Cl)c1ccc(Cl)cc1[N+](=O)[O-]. The van der Waals surface area contributed by atoms with Gasteiger partial charge in [-0.25, -0.2) is 0 Å². The number of anilines is 2. The Kier molecular flexibility index (Phi) is 4.62. The molecule has 0 radical (unpaired) electrons. The summed E-state index contributed by atoms with van der Waals surface area (Å²) in [5.41, 5.74) is -0.314. The largest absolute Gasteiger partial charge is 0.296 e. The first-order valence-corrected chi connectivity index (χ1v) is 6.60. The molecule has 2 aromatic carbocycles. The van der Waals surface area contributed by atoms with Crippen LogP contribution in [0.3, 0.4) is 0 Å². The average molecular weight is 347 g/mol. The van der Waals surface area contributed by atoms with Crippen LogP contribution in [0.25, 0.3) is 0 Å². The van der Waals surface area contributed by atoms with Crippen LogP contribution >= 0.6 is 34.8 Å². The van der Waals surface area contributed by atoms with E-state index in [9.17, 15) is 15.0 Å². The van der Waals surface area contributed by atoms with Crippen LogP contribution in [0.4, 0.5) is 17.1 Å². The molecule has 0 saturated carbocycles. The summed E-state index contributed by atoms with van der Waals surface area (Å²) in [6.45, 7) is 0. The maximum Gasteiger partial charge on any atom is 0.296 e. The van der Waals surface area contributed by atoms with Crippen LogP contribution in [0.2, 0.25) is 15.1 Å². The summed E-state index contributed by atoms with van der Waals surface area (Å²) in [6.07, 6.45) is 0. The summed E-state index contributed by atoms with van der Waals surface area (Å²) >= 11 is 17.6. The zero-order valence-corrected chi connectivity index (χ0v) is 12.4. The van der Waals surface area contributed by atoms with E-state index in [-0.39, 0.29) is 27.1 Å². The Hall–Kier alpha value is -1.89. The zero-order valence-electron chi connectivity index (χ0n) is 10.2.